The van der Waals surface area contributed by atoms with Crippen molar-refractivity contribution >= 4 is 46.4 Å². The summed E-state index contributed by atoms with van der Waals surface area (Å²) < 4.78 is 12.2. The van der Waals surface area contributed by atoms with Crippen molar-refractivity contribution in [2.24, 2.45) is 16.9 Å². The Morgan fingerprint density at radius 1 is 1.15 bits per heavy atom. The number of aromatic amines is 1. The Bertz CT molecular complexity index is 1400. The van der Waals surface area contributed by atoms with Gasteiger partial charge in [-0.15, -0.1) is 0 Å². The summed E-state index contributed by atoms with van der Waals surface area (Å²) in [6, 6.07) is 17.6. The Balaban J connectivity index is 0.000000294. The van der Waals surface area contributed by atoms with E-state index in [-0.39, 0.29) is 11.2 Å². The van der Waals surface area contributed by atoms with Crippen LogP contribution < -0.4 is 27.4 Å². The number of fused-ring (bicyclic) bond motifs is 1. The fraction of sp³-hybridized carbons (Fsp3) is 0.241. The van der Waals surface area contributed by atoms with E-state index < -0.39 is 0 Å². The van der Waals surface area contributed by atoms with Crippen molar-refractivity contribution in [1.82, 2.24) is 15.3 Å². The third-order valence-electron chi connectivity index (χ3n) is 6.38. The van der Waals surface area contributed by atoms with Crippen molar-refractivity contribution < 1.29 is 9.18 Å². The third-order valence-corrected chi connectivity index (χ3v) is 6.71. The maximum absolute atomic E-state index is 12.2. The quantitative estimate of drug-likeness (QED) is 0.150. The summed E-state index contributed by atoms with van der Waals surface area (Å²) in [6.07, 6.45) is 2.79. The first-order chi connectivity index (χ1) is 18.8. The summed E-state index contributed by atoms with van der Waals surface area (Å²) in [7, 11) is 1.50. The number of carbonyl (C=O) groups excluding carboxylic acids is 1. The average Bonchev–Trinajstić information content (AvgIpc) is 3.65. The van der Waals surface area contributed by atoms with E-state index >= 15 is 0 Å². The van der Waals surface area contributed by atoms with Gasteiger partial charge in [-0.25, -0.2) is 9.37 Å². The molecule has 8 N–H and O–H groups in total. The number of nitrogens with zero attached hydrogens (tertiary/aromatic N) is 1. The second kappa shape index (κ2) is 13.7. The molecule has 0 atom stereocenters. The van der Waals surface area contributed by atoms with Crippen LogP contribution in [-0.4, -0.2) is 30.0 Å². The standard InChI is InChI=1S/C21H24ClN5.C7H6FNO.CH5N/c1-13-3-6-17-19(9-13)27-20(25-17)26-18-10-15(4-5-16(18)22)11-24-14(2)21(12-23)7-8-21;8-6-1-3-7(4-2-6)9-5-10;1-2/h3-6,9-10,24H,2,7-8,11-12,23H2,1H3,(H2,25,26,27);1-5H,(H,9,10);2H2,1H3. The van der Waals surface area contributed by atoms with Gasteiger partial charge < -0.3 is 32.4 Å². The summed E-state index contributed by atoms with van der Waals surface area (Å²) in [5, 5.41) is 9.75. The molecule has 8 nitrogen and oxygen atoms in total. The zero-order valence-corrected chi connectivity index (χ0v) is 22.9. The zero-order chi connectivity index (χ0) is 28.4. The van der Waals surface area contributed by atoms with E-state index in [1.165, 1.54) is 36.9 Å². The molecule has 0 aliphatic heterocycles. The largest absolute Gasteiger partial charge is 0.384 e. The summed E-state index contributed by atoms with van der Waals surface area (Å²) in [5.41, 5.74) is 17.1. The monoisotopic (exact) mass is 551 g/mol. The highest BCUT2D eigenvalue weighted by molar-refractivity contribution is 6.33. The molecule has 1 amide bonds. The maximum Gasteiger partial charge on any atom is 0.211 e. The van der Waals surface area contributed by atoms with Crippen molar-refractivity contribution in [1.29, 1.82) is 0 Å². The molecule has 39 heavy (non-hydrogen) atoms. The van der Waals surface area contributed by atoms with E-state index in [2.05, 4.69) is 51.2 Å². The SMILES string of the molecule is C=C(NCc1ccc(Cl)c(Nc2nc3ccc(C)cc3[nH]2)c1)C1(CN)CC1.CN.O=CNc1ccc(F)cc1. The highest BCUT2D eigenvalue weighted by Gasteiger charge is 2.43. The lowest BCUT2D eigenvalue weighted by molar-refractivity contribution is -0.105. The molecule has 0 bridgehead atoms. The van der Waals surface area contributed by atoms with Crippen LogP contribution in [0.2, 0.25) is 5.02 Å². The van der Waals surface area contributed by atoms with Gasteiger partial charge in [0.1, 0.15) is 5.82 Å². The molecule has 5 rings (SSSR count). The van der Waals surface area contributed by atoms with Crippen LogP contribution in [0.5, 0.6) is 0 Å². The fourth-order valence-electron chi connectivity index (χ4n) is 3.88. The Hall–Kier alpha value is -3.92. The predicted molar refractivity (Wildman–Crippen MR) is 158 cm³/mol. The molecule has 1 heterocycles. The molecule has 0 saturated heterocycles. The predicted octanol–water partition coefficient (Wildman–Crippen LogP) is 5.58. The lowest BCUT2D eigenvalue weighted by Crippen LogP contribution is -2.26. The minimum atomic E-state index is -0.309. The van der Waals surface area contributed by atoms with Crippen LogP contribution in [0, 0.1) is 18.2 Å². The smallest absolute Gasteiger partial charge is 0.211 e. The number of halogens is 2. The molecule has 0 spiro atoms. The molecule has 0 unspecified atom stereocenters. The number of imidazole rings is 1. The molecule has 1 aliphatic rings. The second-order valence-electron chi connectivity index (χ2n) is 9.13. The molecule has 1 aliphatic carbocycles. The lowest BCUT2D eigenvalue weighted by atomic mass is 10.0. The number of nitrogens with two attached hydrogens (primary N) is 2. The van der Waals surface area contributed by atoms with E-state index in [0.29, 0.717) is 36.2 Å². The molecule has 4 aromatic rings. The number of H-pyrrole nitrogens is 1. The van der Waals surface area contributed by atoms with Gasteiger partial charge in [-0.2, -0.15) is 0 Å². The molecule has 10 heteroatoms. The van der Waals surface area contributed by atoms with Gasteiger partial charge in [-0.3, -0.25) is 4.79 Å². The molecule has 1 aromatic heterocycles. The highest BCUT2D eigenvalue weighted by Crippen LogP contribution is 2.49. The molecule has 0 radical (unpaired) electrons. The first kappa shape index (κ1) is 29.6. The van der Waals surface area contributed by atoms with Crippen LogP contribution in [0.1, 0.15) is 24.0 Å². The fourth-order valence-corrected chi connectivity index (χ4v) is 4.04. The van der Waals surface area contributed by atoms with E-state index in [4.69, 9.17) is 17.3 Å². The first-order valence-electron chi connectivity index (χ1n) is 12.5. The summed E-state index contributed by atoms with van der Waals surface area (Å²) in [6.45, 7) is 7.56. The number of hydrogen-bond acceptors (Lipinski definition) is 6. The number of carbonyl (C=O) groups is 1. The molecule has 1 saturated carbocycles. The van der Waals surface area contributed by atoms with E-state index in [1.807, 2.05) is 30.3 Å². The highest BCUT2D eigenvalue weighted by atomic mass is 35.5. The average molecular weight is 552 g/mol. The topological polar surface area (TPSA) is 134 Å². The van der Waals surface area contributed by atoms with Crippen LogP contribution in [0.25, 0.3) is 11.0 Å². The van der Waals surface area contributed by atoms with Crippen LogP contribution in [-0.2, 0) is 11.3 Å². The molecule has 206 valence electrons. The number of hydrogen-bond donors (Lipinski definition) is 6. The maximum atomic E-state index is 12.2. The van der Waals surface area contributed by atoms with Gasteiger partial charge in [-0.05, 0) is 86.5 Å². The minimum absolute atomic E-state index is 0.0971. The third kappa shape index (κ3) is 8.03. The number of anilines is 3. The number of benzene rings is 3. The zero-order valence-electron chi connectivity index (χ0n) is 22.2. The molecular weight excluding hydrogens is 517 g/mol. The minimum Gasteiger partial charge on any atom is -0.384 e. The van der Waals surface area contributed by atoms with Crippen molar-refractivity contribution in [3.8, 4) is 0 Å². The Morgan fingerprint density at radius 2 is 1.87 bits per heavy atom. The molecule has 3 aromatic carbocycles. The first-order valence-corrected chi connectivity index (χ1v) is 12.9. The van der Waals surface area contributed by atoms with Crippen molar-refractivity contribution in [2.45, 2.75) is 26.3 Å². The normalized spacial score (nSPS) is 12.8. The Morgan fingerprint density at radius 3 is 2.51 bits per heavy atom. The number of nitrogens with one attached hydrogen (secondary N) is 4. The molecular formula is C29H35ClFN7O. The Kier molecular flexibility index (Phi) is 10.4. The van der Waals surface area contributed by atoms with Crippen LogP contribution in [0.4, 0.5) is 21.7 Å². The number of amides is 1. The van der Waals surface area contributed by atoms with Gasteiger partial charge in [0.25, 0.3) is 0 Å². The van der Waals surface area contributed by atoms with Crippen LogP contribution in [0.3, 0.4) is 0 Å². The van der Waals surface area contributed by atoms with Crippen molar-refractivity contribution in [3.63, 3.8) is 0 Å². The number of aryl methyl sites for hydroxylation is 1. The number of rotatable bonds is 9. The van der Waals surface area contributed by atoms with Gasteiger partial charge in [0, 0.05) is 29.9 Å². The lowest BCUT2D eigenvalue weighted by Gasteiger charge is -2.18. The second-order valence-corrected chi connectivity index (χ2v) is 9.54. The van der Waals surface area contributed by atoms with E-state index in [0.717, 1.165) is 40.8 Å². The molecule has 1 fully saturated rings. The van der Waals surface area contributed by atoms with Crippen molar-refractivity contribution in [3.05, 3.63) is 94.9 Å². The summed E-state index contributed by atoms with van der Waals surface area (Å²) in [4.78, 5) is 17.7. The van der Waals surface area contributed by atoms with Gasteiger partial charge in [0.15, 0.2) is 0 Å². The van der Waals surface area contributed by atoms with Crippen LogP contribution in [0.15, 0.2) is 72.9 Å². The van der Waals surface area contributed by atoms with E-state index in [1.54, 1.807) is 0 Å². The van der Waals surface area contributed by atoms with Gasteiger partial charge in [0.05, 0.1) is 21.7 Å². The van der Waals surface area contributed by atoms with Gasteiger partial charge in [0.2, 0.25) is 12.4 Å². The summed E-state index contributed by atoms with van der Waals surface area (Å²) >= 11 is 6.38. The Labute approximate surface area is 233 Å². The van der Waals surface area contributed by atoms with Crippen molar-refractivity contribution in [2.75, 3.05) is 24.2 Å². The van der Waals surface area contributed by atoms with Crippen LogP contribution >= 0.6 is 11.6 Å². The van der Waals surface area contributed by atoms with E-state index in [9.17, 15) is 9.18 Å². The summed E-state index contributed by atoms with van der Waals surface area (Å²) in [5.74, 6) is 0.364. The number of aromatic nitrogens is 2. The van der Waals surface area contributed by atoms with Gasteiger partial charge in [-0.1, -0.05) is 30.3 Å². The van der Waals surface area contributed by atoms with Gasteiger partial charge >= 0.3 is 0 Å².